The molecule has 1 rings (SSSR count). The van der Waals surface area contributed by atoms with E-state index < -0.39 is 0 Å². The fourth-order valence-electron chi connectivity index (χ4n) is 1.22. The summed E-state index contributed by atoms with van der Waals surface area (Å²) >= 11 is 6.71. The molecule has 0 saturated carbocycles. The molecule has 2 nitrogen and oxygen atoms in total. The van der Waals surface area contributed by atoms with Gasteiger partial charge in [0, 0.05) is 15.4 Å². The van der Waals surface area contributed by atoms with Crippen molar-refractivity contribution in [2.45, 2.75) is 19.8 Å². The van der Waals surface area contributed by atoms with Gasteiger partial charge < -0.3 is 0 Å². The average Bonchev–Trinajstić information content (AvgIpc) is 2.08. The van der Waals surface area contributed by atoms with E-state index in [1.807, 2.05) is 18.2 Å². The maximum Gasteiger partial charge on any atom is 0.144 e. The third-order valence-corrected chi connectivity index (χ3v) is 3.08. The normalized spacial score (nSPS) is 10.1. The molecule has 0 spiro atoms. The van der Waals surface area contributed by atoms with Crippen LogP contribution in [0.1, 0.15) is 18.9 Å². The monoisotopic (exact) mass is 332 g/mol. The molecule has 4 heteroatoms. The second kappa shape index (κ2) is 5.56. The molecule has 0 aromatic heterocycles. The Morgan fingerprint density at radius 1 is 1.27 bits per heavy atom. The smallest absolute Gasteiger partial charge is 0.144 e. The summed E-state index contributed by atoms with van der Waals surface area (Å²) in [4.78, 5) is 22.2. The molecule has 0 amide bonds. The molecule has 0 unspecified atom stereocenters. The summed E-state index contributed by atoms with van der Waals surface area (Å²) in [7, 11) is 0. The fourth-order valence-corrected chi connectivity index (χ4v) is 2.40. The predicted molar refractivity (Wildman–Crippen MR) is 65.9 cm³/mol. The minimum absolute atomic E-state index is 0.0164. The number of halogens is 2. The Hall–Kier alpha value is -0.480. The predicted octanol–water partition coefficient (Wildman–Crippen LogP) is 3.30. The minimum Gasteiger partial charge on any atom is -0.300 e. The van der Waals surface area contributed by atoms with Crippen LogP contribution in [-0.4, -0.2) is 11.6 Å². The van der Waals surface area contributed by atoms with Gasteiger partial charge >= 0.3 is 0 Å². The van der Waals surface area contributed by atoms with Gasteiger partial charge in [-0.05, 0) is 24.6 Å². The Bertz CT molecular complexity index is 400. The topological polar surface area (TPSA) is 34.1 Å². The molecular weight excluding hydrogens is 324 g/mol. The second-order valence-corrected chi connectivity index (χ2v) is 5.10. The summed E-state index contributed by atoms with van der Waals surface area (Å²) < 4.78 is 1.84. The lowest BCUT2D eigenvalue weighted by Gasteiger charge is -2.03. The molecule has 0 radical (unpaired) electrons. The number of hydrogen-bond donors (Lipinski definition) is 0. The largest absolute Gasteiger partial charge is 0.300 e. The Balaban J connectivity index is 2.72. The van der Waals surface area contributed by atoms with E-state index in [0.29, 0.717) is 6.42 Å². The first-order valence-electron chi connectivity index (χ1n) is 4.44. The van der Waals surface area contributed by atoms with Crippen molar-refractivity contribution in [1.82, 2.24) is 0 Å². The molecule has 0 N–H and O–H groups in total. The highest BCUT2D eigenvalue weighted by Crippen LogP contribution is 2.22. The first-order chi connectivity index (χ1) is 6.99. The maximum atomic E-state index is 11.4. The van der Waals surface area contributed by atoms with Crippen LogP contribution in [0.25, 0.3) is 0 Å². The Morgan fingerprint density at radius 2 is 1.93 bits per heavy atom. The summed E-state index contributed by atoms with van der Waals surface area (Å²) in [6.07, 6.45) is 0.315. The summed E-state index contributed by atoms with van der Waals surface area (Å²) in [6.45, 7) is 1.43. The van der Waals surface area contributed by atoms with Crippen molar-refractivity contribution in [3.63, 3.8) is 0 Å². The van der Waals surface area contributed by atoms with Crippen LogP contribution in [0.15, 0.2) is 27.1 Å². The lowest BCUT2D eigenvalue weighted by molar-refractivity contribution is -0.125. The van der Waals surface area contributed by atoms with E-state index in [2.05, 4.69) is 31.9 Å². The molecule has 0 aliphatic carbocycles. The lowest BCUT2D eigenvalue weighted by atomic mass is 10.1. The molecule has 1 aromatic rings. The molecule has 80 valence electrons. The average molecular weight is 334 g/mol. The van der Waals surface area contributed by atoms with E-state index in [-0.39, 0.29) is 18.0 Å². The molecule has 0 saturated heterocycles. The Kier molecular flexibility index (Phi) is 4.67. The van der Waals surface area contributed by atoms with E-state index in [4.69, 9.17) is 0 Å². The molecular formula is C11H10Br2O2. The number of carbonyl (C=O) groups excluding carboxylic acids is 2. The molecule has 0 aliphatic heterocycles. The number of hydrogen-bond acceptors (Lipinski definition) is 2. The van der Waals surface area contributed by atoms with Crippen molar-refractivity contribution in [1.29, 1.82) is 0 Å². The number of ketones is 2. The van der Waals surface area contributed by atoms with Gasteiger partial charge in [-0.15, -0.1) is 0 Å². The van der Waals surface area contributed by atoms with Gasteiger partial charge in [-0.25, -0.2) is 0 Å². The molecule has 0 bridgehead atoms. The van der Waals surface area contributed by atoms with Gasteiger partial charge in [0.05, 0.1) is 6.42 Å². The van der Waals surface area contributed by atoms with Crippen molar-refractivity contribution in [3.8, 4) is 0 Å². The van der Waals surface area contributed by atoms with Gasteiger partial charge in [-0.1, -0.05) is 37.9 Å². The SMILES string of the molecule is CC(=O)CC(=O)Cc1ccc(Br)cc1Br. The van der Waals surface area contributed by atoms with Gasteiger partial charge in [0.1, 0.15) is 11.6 Å². The quantitative estimate of drug-likeness (QED) is 0.792. The molecule has 1 aromatic carbocycles. The van der Waals surface area contributed by atoms with Crippen molar-refractivity contribution in [3.05, 3.63) is 32.7 Å². The van der Waals surface area contributed by atoms with Gasteiger partial charge in [0.15, 0.2) is 0 Å². The number of carbonyl (C=O) groups is 2. The van der Waals surface area contributed by atoms with E-state index in [1.54, 1.807) is 0 Å². The fraction of sp³-hybridized carbons (Fsp3) is 0.273. The number of rotatable bonds is 4. The van der Waals surface area contributed by atoms with E-state index in [0.717, 1.165) is 14.5 Å². The van der Waals surface area contributed by atoms with Crippen LogP contribution < -0.4 is 0 Å². The third-order valence-electron chi connectivity index (χ3n) is 1.85. The van der Waals surface area contributed by atoms with Crippen LogP contribution in [0.4, 0.5) is 0 Å². The van der Waals surface area contributed by atoms with Gasteiger partial charge in [-0.2, -0.15) is 0 Å². The van der Waals surface area contributed by atoms with Crippen LogP contribution in [0.5, 0.6) is 0 Å². The first kappa shape index (κ1) is 12.6. The summed E-state index contributed by atoms with van der Waals surface area (Å²) in [5.74, 6) is -0.140. The van der Waals surface area contributed by atoms with Crippen molar-refractivity contribution >= 4 is 43.4 Å². The highest BCUT2D eigenvalue weighted by molar-refractivity contribution is 9.11. The van der Waals surface area contributed by atoms with Gasteiger partial charge in [0.25, 0.3) is 0 Å². The zero-order chi connectivity index (χ0) is 11.4. The standard InChI is InChI=1S/C11H10Br2O2/c1-7(14)4-10(15)5-8-2-3-9(12)6-11(8)13/h2-3,6H,4-5H2,1H3. The van der Waals surface area contributed by atoms with Crippen molar-refractivity contribution in [2.75, 3.05) is 0 Å². The molecule has 0 aliphatic rings. The first-order valence-corrected chi connectivity index (χ1v) is 6.02. The van der Waals surface area contributed by atoms with E-state index >= 15 is 0 Å². The van der Waals surface area contributed by atoms with Crippen LogP contribution >= 0.6 is 31.9 Å². The third kappa shape index (κ3) is 4.26. The van der Waals surface area contributed by atoms with E-state index in [1.165, 1.54) is 6.92 Å². The van der Waals surface area contributed by atoms with Gasteiger partial charge in [0.2, 0.25) is 0 Å². The Morgan fingerprint density at radius 3 is 2.47 bits per heavy atom. The van der Waals surface area contributed by atoms with Crippen molar-refractivity contribution < 1.29 is 9.59 Å². The van der Waals surface area contributed by atoms with Crippen LogP contribution in [0.3, 0.4) is 0 Å². The molecule has 15 heavy (non-hydrogen) atoms. The van der Waals surface area contributed by atoms with E-state index in [9.17, 15) is 9.59 Å². The number of benzene rings is 1. The van der Waals surface area contributed by atoms with Crippen LogP contribution in [0.2, 0.25) is 0 Å². The Labute approximate surface area is 105 Å². The summed E-state index contributed by atoms with van der Waals surface area (Å²) in [5.41, 5.74) is 0.907. The second-order valence-electron chi connectivity index (χ2n) is 3.33. The highest BCUT2D eigenvalue weighted by Gasteiger charge is 2.09. The van der Waals surface area contributed by atoms with Crippen LogP contribution in [-0.2, 0) is 16.0 Å². The molecule has 0 fully saturated rings. The zero-order valence-corrected chi connectivity index (χ0v) is 11.4. The number of Topliss-reactive ketones (excluding diaryl/α,β-unsaturated/α-hetero) is 2. The van der Waals surface area contributed by atoms with Crippen molar-refractivity contribution in [2.24, 2.45) is 0 Å². The summed E-state index contributed by atoms with van der Waals surface area (Å²) in [6, 6.07) is 5.63. The highest BCUT2D eigenvalue weighted by atomic mass is 79.9. The van der Waals surface area contributed by atoms with Gasteiger partial charge in [-0.3, -0.25) is 9.59 Å². The minimum atomic E-state index is -0.0896. The summed E-state index contributed by atoms with van der Waals surface area (Å²) in [5, 5.41) is 0. The van der Waals surface area contributed by atoms with Crippen LogP contribution in [0, 0.1) is 0 Å². The maximum absolute atomic E-state index is 11.4. The molecule has 0 atom stereocenters. The zero-order valence-electron chi connectivity index (χ0n) is 8.22. The lowest BCUT2D eigenvalue weighted by Crippen LogP contribution is -2.07. The molecule has 0 heterocycles.